The van der Waals surface area contributed by atoms with E-state index >= 15 is 0 Å². The quantitative estimate of drug-likeness (QED) is 0.596. The first-order valence-electron chi connectivity index (χ1n) is 6.72. The third-order valence-corrected chi connectivity index (χ3v) is 5.01. The summed E-state index contributed by atoms with van der Waals surface area (Å²) in [5, 5.41) is 7.32. The lowest BCUT2D eigenvalue weighted by atomic mass is 10.1. The molecule has 0 saturated carbocycles. The summed E-state index contributed by atoms with van der Waals surface area (Å²) in [5.74, 6) is -0.162. The summed E-state index contributed by atoms with van der Waals surface area (Å²) in [6, 6.07) is 6.66. The molecule has 1 rings (SSSR count). The molecular weight excluding hydrogens is 274 g/mol. The highest BCUT2D eigenvalue weighted by molar-refractivity contribution is 7.89. The molecule has 0 unspecified atom stereocenters. The molecule has 6 heteroatoms. The number of hydrogen-bond donors (Lipinski definition) is 2. The fourth-order valence-corrected chi connectivity index (χ4v) is 3.58. The van der Waals surface area contributed by atoms with Gasteiger partial charge in [-0.25, -0.2) is 8.42 Å². The minimum atomic E-state index is -3.61. The van der Waals surface area contributed by atoms with E-state index in [4.69, 9.17) is 11.1 Å². The molecule has 0 aliphatic heterocycles. The van der Waals surface area contributed by atoms with Crippen molar-refractivity contribution in [3.63, 3.8) is 0 Å². The molecule has 20 heavy (non-hydrogen) atoms. The lowest BCUT2D eigenvalue weighted by molar-refractivity contribution is 0.389. The molecule has 0 aliphatic carbocycles. The van der Waals surface area contributed by atoms with Crippen molar-refractivity contribution in [3.05, 3.63) is 29.8 Å². The van der Waals surface area contributed by atoms with E-state index in [-0.39, 0.29) is 23.3 Å². The monoisotopic (exact) mass is 297 g/mol. The summed E-state index contributed by atoms with van der Waals surface area (Å²) in [6.07, 6.45) is 1.95. The molecular formula is C14H23N3O2S. The molecule has 0 aromatic heterocycles. The van der Waals surface area contributed by atoms with Crippen LogP contribution in [0.2, 0.25) is 0 Å². The second kappa shape index (κ2) is 6.85. The highest BCUT2D eigenvalue weighted by Gasteiger charge is 2.27. The van der Waals surface area contributed by atoms with Crippen molar-refractivity contribution in [2.75, 3.05) is 6.54 Å². The van der Waals surface area contributed by atoms with Crippen LogP contribution < -0.4 is 5.73 Å². The highest BCUT2D eigenvalue weighted by Crippen LogP contribution is 2.19. The van der Waals surface area contributed by atoms with Gasteiger partial charge >= 0.3 is 0 Å². The van der Waals surface area contributed by atoms with E-state index in [0.29, 0.717) is 0 Å². The predicted molar refractivity (Wildman–Crippen MR) is 81.4 cm³/mol. The SMILES string of the molecule is CCCc1ccc(S(=O)(=O)N(CC(=N)N)C(C)C)cc1. The molecule has 112 valence electrons. The second-order valence-electron chi connectivity index (χ2n) is 5.06. The van der Waals surface area contributed by atoms with Crippen LogP contribution in [0.3, 0.4) is 0 Å². The Balaban J connectivity index is 3.09. The van der Waals surface area contributed by atoms with E-state index < -0.39 is 10.0 Å². The normalized spacial score (nSPS) is 12.1. The van der Waals surface area contributed by atoms with Gasteiger partial charge in [0.25, 0.3) is 0 Å². The van der Waals surface area contributed by atoms with Gasteiger partial charge in [-0.1, -0.05) is 25.5 Å². The Morgan fingerprint density at radius 1 is 1.30 bits per heavy atom. The van der Waals surface area contributed by atoms with Crippen LogP contribution in [0.25, 0.3) is 0 Å². The van der Waals surface area contributed by atoms with Gasteiger partial charge in [0.1, 0.15) is 5.84 Å². The highest BCUT2D eigenvalue weighted by atomic mass is 32.2. The molecule has 5 nitrogen and oxygen atoms in total. The minimum absolute atomic E-state index is 0.0866. The van der Waals surface area contributed by atoms with Gasteiger partial charge in [0.05, 0.1) is 11.4 Å². The molecule has 0 fully saturated rings. The van der Waals surface area contributed by atoms with Crippen molar-refractivity contribution in [2.24, 2.45) is 5.73 Å². The maximum atomic E-state index is 12.6. The lowest BCUT2D eigenvalue weighted by Crippen LogP contribution is -2.42. The Morgan fingerprint density at radius 2 is 1.85 bits per heavy atom. The zero-order valence-electron chi connectivity index (χ0n) is 12.3. The first-order valence-corrected chi connectivity index (χ1v) is 8.16. The Kier molecular flexibility index (Phi) is 5.71. The summed E-state index contributed by atoms with van der Waals surface area (Å²) in [7, 11) is -3.61. The van der Waals surface area contributed by atoms with Crippen molar-refractivity contribution < 1.29 is 8.42 Å². The van der Waals surface area contributed by atoms with Gasteiger partial charge in [-0.05, 0) is 38.0 Å². The average Bonchev–Trinajstić information content (AvgIpc) is 2.36. The summed E-state index contributed by atoms with van der Waals surface area (Å²) in [5.41, 5.74) is 6.47. The molecule has 0 aliphatic rings. The molecule has 0 radical (unpaired) electrons. The second-order valence-corrected chi connectivity index (χ2v) is 6.95. The van der Waals surface area contributed by atoms with E-state index in [1.165, 1.54) is 4.31 Å². The van der Waals surface area contributed by atoms with Gasteiger partial charge in [-0.15, -0.1) is 0 Å². The fraction of sp³-hybridized carbons (Fsp3) is 0.500. The first-order chi connectivity index (χ1) is 9.28. The van der Waals surface area contributed by atoms with Crippen LogP contribution in [0.5, 0.6) is 0 Å². The Morgan fingerprint density at radius 3 is 2.25 bits per heavy atom. The molecule has 1 aromatic carbocycles. The van der Waals surface area contributed by atoms with Gasteiger partial charge in [0, 0.05) is 6.04 Å². The Bertz CT molecular complexity index is 550. The molecule has 3 N–H and O–H groups in total. The fourth-order valence-electron chi connectivity index (χ4n) is 1.97. The topological polar surface area (TPSA) is 87.2 Å². The molecule has 0 spiro atoms. The van der Waals surface area contributed by atoms with Crippen LogP contribution in [0.1, 0.15) is 32.8 Å². The summed E-state index contributed by atoms with van der Waals surface area (Å²) in [4.78, 5) is 0.243. The molecule has 0 heterocycles. The van der Waals surface area contributed by atoms with Crippen LogP contribution >= 0.6 is 0 Å². The Hall–Kier alpha value is -1.40. The smallest absolute Gasteiger partial charge is 0.243 e. The van der Waals surface area contributed by atoms with Crippen LogP contribution in [0.15, 0.2) is 29.2 Å². The van der Waals surface area contributed by atoms with Crippen molar-refractivity contribution in [3.8, 4) is 0 Å². The van der Waals surface area contributed by atoms with Crippen molar-refractivity contribution >= 4 is 15.9 Å². The summed E-state index contributed by atoms with van der Waals surface area (Å²) in [6.45, 7) is 5.53. The molecule has 0 amide bonds. The number of benzene rings is 1. The molecule has 1 aromatic rings. The van der Waals surface area contributed by atoms with Crippen LogP contribution in [0.4, 0.5) is 0 Å². The van der Waals surface area contributed by atoms with Gasteiger partial charge in [-0.2, -0.15) is 4.31 Å². The average molecular weight is 297 g/mol. The number of rotatable bonds is 7. The third-order valence-electron chi connectivity index (χ3n) is 2.97. The van der Waals surface area contributed by atoms with E-state index in [1.807, 2.05) is 12.1 Å². The number of amidine groups is 1. The molecule has 0 bridgehead atoms. The van der Waals surface area contributed by atoms with Crippen LogP contribution in [-0.2, 0) is 16.4 Å². The van der Waals surface area contributed by atoms with Crippen LogP contribution in [0, 0.1) is 5.41 Å². The first kappa shape index (κ1) is 16.7. The third kappa shape index (κ3) is 4.05. The van der Waals surface area contributed by atoms with E-state index in [9.17, 15) is 8.42 Å². The van der Waals surface area contributed by atoms with Gasteiger partial charge < -0.3 is 5.73 Å². The predicted octanol–water partition coefficient (Wildman–Crippen LogP) is 1.97. The van der Waals surface area contributed by atoms with E-state index in [1.54, 1.807) is 26.0 Å². The standard InChI is InChI=1S/C14H23N3O2S/c1-4-5-12-6-8-13(9-7-12)20(18,19)17(11(2)3)10-14(15)16/h6-9,11H,4-5,10H2,1-3H3,(H3,15,16). The van der Waals surface area contributed by atoms with Crippen LogP contribution in [-0.4, -0.2) is 31.1 Å². The zero-order chi connectivity index (χ0) is 15.3. The van der Waals surface area contributed by atoms with Gasteiger partial charge in [-0.3, -0.25) is 5.41 Å². The number of nitrogens with one attached hydrogen (secondary N) is 1. The number of sulfonamides is 1. The van der Waals surface area contributed by atoms with Crippen molar-refractivity contribution in [1.29, 1.82) is 5.41 Å². The summed E-state index contributed by atoms with van der Waals surface area (Å²) < 4.78 is 26.3. The van der Waals surface area contributed by atoms with Gasteiger partial charge in [0.2, 0.25) is 10.0 Å². The molecule has 0 saturated heterocycles. The number of aryl methyl sites for hydroxylation is 1. The minimum Gasteiger partial charge on any atom is -0.387 e. The molecule has 0 atom stereocenters. The maximum Gasteiger partial charge on any atom is 0.243 e. The number of nitrogens with zero attached hydrogens (tertiary/aromatic N) is 1. The van der Waals surface area contributed by atoms with E-state index in [2.05, 4.69) is 6.92 Å². The largest absolute Gasteiger partial charge is 0.387 e. The van der Waals surface area contributed by atoms with Crippen molar-refractivity contribution in [1.82, 2.24) is 4.31 Å². The van der Waals surface area contributed by atoms with Gasteiger partial charge in [0.15, 0.2) is 0 Å². The Labute approximate surface area is 121 Å². The van der Waals surface area contributed by atoms with Crippen molar-refractivity contribution in [2.45, 2.75) is 44.6 Å². The summed E-state index contributed by atoms with van der Waals surface area (Å²) >= 11 is 0. The van der Waals surface area contributed by atoms with E-state index in [0.717, 1.165) is 18.4 Å². The number of hydrogen-bond acceptors (Lipinski definition) is 3. The maximum absolute atomic E-state index is 12.6. The number of nitrogens with two attached hydrogens (primary N) is 1. The zero-order valence-corrected chi connectivity index (χ0v) is 13.1. The lowest BCUT2D eigenvalue weighted by Gasteiger charge is -2.25.